The van der Waals surface area contributed by atoms with Crippen molar-refractivity contribution in [3.63, 3.8) is 0 Å². The Morgan fingerprint density at radius 1 is 0.895 bits per heavy atom. The van der Waals surface area contributed by atoms with Crippen LogP contribution in [0.1, 0.15) is 36.6 Å². The van der Waals surface area contributed by atoms with Crippen molar-refractivity contribution < 1.29 is 9.47 Å². The molecule has 0 bridgehead atoms. The molecule has 198 valence electrons. The van der Waals surface area contributed by atoms with Gasteiger partial charge in [-0.3, -0.25) is 4.90 Å². The van der Waals surface area contributed by atoms with Gasteiger partial charge in [0.25, 0.3) is 0 Å². The predicted molar refractivity (Wildman–Crippen MR) is 157 cm³/mol. The summed E-state index contributed by atoms with van der Waals surface area (Å²) in [7, 11) is 3.36. The van der Waals surface area contributed by atoms with Crippen molar-refractivity contribution in [3.8, 4) is 22.9 Å². The van der Waals surface area contributed by atoms with Crippen LogP contribution in [-0.4, -0.2) is 41.8 Å². The quantitative estimate of drug-likeness (QED) is 0.181. The van der Waals surface area contributed by atoms with Crippen LogP contribution in [0.4, 0.5) is 0 Å². The standard InChI is InChI=1S/C33H39N3O2/c1-4-5-20-36-30(25-34-33(36)29-16-10-7-11-17-29)26-35(21-18-27-13-8-6-9-14-27)19-12-15-28-22-31(37-2)24-32(23-28)38-3/h6-17,22-25H,4-5,18-21,26H2,1-3H3/b15-12-. The number of rotatable bonds is 14. The highest BCUT2D eigenvalue weighted by Gasteiger charge is 2.15. The molecule has 5 nitrogen and oxygen atoms in total. The van der Waals surface area contributed by atoms with Gasteiger partial charge in [0, 0.05) is 37.8 Å². The van der Waals surface area contributed by atoms with E-state index in [2.05, 4.69) is 95.4 Å². The number of hydrogen-bond acceptors (Lipinski definition) is 4. The number of benzene rings is 3. The average Bonchev–Trinajstić information content (AvgIpc) is 3.37. The van der Waals surface area contributed by atoms with Crippen molar-refractivity contribution in [2.45, 2.75) is 39.3 Å². The van der Waals surface area contributed by atoms with E-state index in [0.717, 1.165) is 73.9 Å². The van der Waals surface area contributed by atoms with E-state index in [0.29, 0.717) is 0 Å². The summed E-state index contributed by atoms with van der Waals surface area (Å²) in [5.74, 6) is 2.63. The van der Waals surface area contributed by atoms with E-state index < -0.39 is 0 Å². The Labute approximate surface area is 227 Å². The maximum Gasteiger partial charge on any atom is 0.140 e. The number of hydrogen-bond donors (Lipinski definition) is 0. The van der Waals surface area contributed by atoms with Gasteiger partial charge in [-0.15, -0.1) is 0 Å². The molecule has 0 atom stereocenters. The van der Waals surface area contributed by atoms with Crippen molar-refractivity contribution in [1.29, 1.82) is 0 Å². The Bertz CT molecular complexity index is 1260. The second-order valence-electron chi connectivity index (χ2n) is 9.46. The van der Waals surface area contributed by atoms with E-state index in [4.69, 9.17) is 14.5 Å². The molecule has 0 N–H and O–H groups in total. The lowest BCUT2D eigenvalue weighted by atomic mass is 10.1. The second kappa shape index (κ2) is 14.2. The van der Waals surface area contributed by atoms with Crippen molar-refractivity contribution >= 4 is 6.08 Å². The van der Waals surface area contributed by atoms with Gasteiger partial charge in [-0.2, -0.15) is 0 Å². The number of ether oxygens (including phenoxy) is 2. The Kier molecular flexibility index (Phi) is 10.2. The van der Waals surface area contributed by atoms with Gasteiger partial charge in [0.1, 0.15) is 17.3 Å². The Balaban J connectivity index is 1.56. The smallest absolute Gasteiger partial charge is 0.140 e. The van der Waals surface area contributed by atoms with Crippen molar-refractivity contribution in [1.82, 2.24) is 14.5 Å². The molecule has 0 aliphatic rings. The molecule has 0 saturated carbocycles. The first-order chi connectivity index (χ1) is 18.7. The molecule has 0 saturated heterocycles. The maximum atomic E-state index is 5.44. The lowest BCUT2D eigenvalue weighted by Gasteiger charge is -2.22. The van der Waals surface area contributed by atoms with Crippen molar-refractivity contribution in [2.24, 2.45) is 0 Å². The van der Waals surface area contributed by atoms with Crippen LogP contribution >= 0.6 is 0 Å². The van der Waals surface area contributed by atoms with Crippen molar-refractivity contribution in [2.75, 3.05) is 27.3 Å². The van der Waals surface area contributed by atoms with Crippen LogP contribution in [0.2, 0.25) is 0 Å². The number of aromatic nitrogens is 2. The molecule has 38 heavy (non-hydrogen) atoms. The van der Waals surface area contributed by atoms with E-state index in [1.165, 1.54) is 11.3 Å². The van der Waals surface area contributed by atoms with Crippen LogP contribution in [0.5, 0.6) is 11.5 Å². The number of unbranched alkanes of at least 4 members (excludes halogenated alkanes) is 1. The minimum absolute atomic E-state index is 0.790. The SMILES string of the molecule is CCCCn1c(CN(C/C=C\c2cc(OC)cc(OC)c2)CCc2ccccc2)cnc1-c1ccccc1. The summed E-state index contributed by atoms with van der Waals surface area (Å²) in [5, 5.41) is 0. The molecule has 0 spiro atoms. The monoisotopic (exact) mass is 509 g/mol. The molecule has 0 aliphatic carbocycles. The maximum absolute atomic E-state index is 5.44. The Morgan fingerprint density at radius 2 is 1.58 bits per heavy atom. The molecular weight excluding hydrogens is 470 g/mol. The lowest BCUT2D eigenvalue weighted by molar-refractivity contribution is 0.290. The third-order valence-electron chi connectivity index (χ3n) is 6.70. The summed E-state index contributed by atoms with van der Waals surface area (Å²) in [6.07, 6.45) is 9.70. The Morgan fingerprint density at radius 3 is 2.24 bits per heavy atom. The van der Waals surface area contributed by atoms with E-state index in [9.17, 15) is 0 Å². The summed E-state index contributed by atoms with van der Waals surface area (Å²) in [6, 6.07) is 27.2. The van der Waals surface area contributed by atoms with Gasteiger partial charge in [0.05, 0.1) is 26.1 Å². The highest BCUT2D eigenvalue weighted by atomic mass is 16.5. The number of methoxy groups -OCH3 is 2. The largest absolute Gasteiger partial charge is 0.497 e. The zero-order chi connectivity index (χ0) is 26.6. The zero-order valence-electron chi connectivity index (χ0n) is 22.8. The van der Waals surface area contributed by atoms with Crippen molar-refractivity contribution in [3.05, 3.63) is 108 Å². The first-order valence-corrected chi connectivity index (χ1v) is 13.5. The Hall–Kier alpha value is -3.83. The molecule has 4 aromatic rings. The molecule has 4 rings (SSSR count). The fraction of sp³-hybridized carbons (Fsp3) is 0.303. The second-order valence-corrected chi connectivity index (χ2v) is 9.46. The predicted octanol–water partition coefficient (Wildman–Crippen LogP) is 7.13. The van der Waals surface area contributed by atoms with Gasteiger partial charge in [-0.1, -0.05) is 86.2 Å². The molecule has 0 fully saturated rings. The van der Waals surface area contributed by atoms with Gasteiger partial charge in [-0.25, -0.2) is 4.98 Å². The van der Waals surface area contributed by atoms with E-state index >= 15 is 0 Å². The summed E-state index contributed by atoms with van der Waals surface area (Å²) in [5.41, 5.74) is 4.83. The molecular formula is C33H39N3O2. The molecule has 0 amide bonds. The molecule has 5 heteroatoms. The fourth-order valence-corrected chi connectivity index (χ4v) is 4.58. The van der Waals surface area contributed by atoms with Crippen LogP contribution in [0.3, 0.4) is 0 Å². The number of imidazole rings is 1. The van der Waals surface area contributed by atoms with E-state index in [-0.39, 0.29) is 0 Å². The summed E-state index contributed by atoms with van der Waals surface area (Å²) < 4.78 is 13.3. The minimum Gasteiger partial charge on any atom is -0.497 e. The van der Waals surface area contributed by atoms with E-state index in [1.54, 1.807) is 14.2 Å². The fourth-order valence-electron chi connectivity index (χ4n) is 4.58. The molecule has 0 unspecified atom stereocenters. The molecule has 1 heterocycles. The topological polar surface area (TPSA) is 39.5 Å². The summed E-state index contributed by atoms with van der Waals surface area (Å²) >= 11 is 0. The molecule has 1 aromatic heterocycles. The molecule has 0 radical (unpaired) electrons. The van der Waals surface area contributed by atoms with Gasteiger partial charge < -0.3 is 14.0 Å². The average molecular weight is 510 g/mol. The summed E-state index contributed by atoms with van der Waals surface area (Å²) in [4.78, 5) is 7.36. The summed E-state index contributed by atoms with van der Waals surface area (Å²) in [6.45, 7) is 5.83. The first-order valence-electron chi connectivity index (χ1n) is 13.5. The third-order valence-corrected chi connectivity index (χ3v) is 6.70. The minimum atomic E-state index is 0.790. The van der Waals surface area contributed by atoms with Crippen LogP contribution in [0, 0.1) is 0 Å². The third kappa shape index (κ3) is 7.59. The zero-order valence-corrected chi connectivity index (χ0v) is 22.8. The van der Waals surface area contributed by atoms with Crippen LogP contribution in [-0.2, 0) is 19.5 Å². The first kappa shape index (κ1) is 27.2. The lowest BCUT2D eigenvalue weighted by Crippen LogP contribution is -2.27. The normalized spacial score (nSPS) is 11.4. The molecule has 3 aromatic carbocycles. The number of nitrogens with zero attached hydrogens (tertiary/aromatic N) is 3. The highest BCUT2D eigenvalue weighted by Crippen LogP contribution is 2.24. The van der Waals surface area contributed by atoms with Gasteiger partial charge in [0.15, 0.2) is 0 Å². The highest BCUT2D eigenvalue weighted by molar-refractivity contribution is 5.56. The molecule has 0 aliphatic heterocycles. The van der Waals surface area contributed by atoms with Gasteiger partial charge in [-0.05, 0) is 36.1 Å². The van der Waals surface area contributed by atoms with Gasteiger partial charge >= 0.3 is 0 Å². The van der Waals surface area contributed by atoms with E-state index in [1.807, 2.05) is 18.2 Å². The van der Waals surface area contributed by atoms with Crippen LogP contribution < -0.4 is 9.47 Å². The van der Waals surface area contributed by atoms with Gasteiger partial charge in [0.2, 0.25) is 0 Å². The van der Waals surface area contributed by atoms with Crippen LogP contribution in [0.15, 0.2) is 91.1 Å². The van der Waals surface area contributed by atoms with Crippen LogP contribution in [0.25, 0.3) is 17.5 Å².